The van der Waals surface area contributed by atoms with Gasteiger partial charge < -0.3 is 20.4 Å². The summed E-state index contributed by atoms with van der Waals surface area (Å²) in [6, 6.07) is 7.27. The Kier molecular flexibility index (Phi) is 11.9. The smallest absolute Gasteiger partial charge is 0.0685 e. The number of hydrogen-bond acceptors (Lipinski definition) is 4. The van der Waals surface area contributed by atoms with Gasteiger partial charge >= 0.3 is 0 Å². The van der Waals surface area contributed by atoms with Gasteiger partial charge in [-0.15, -0.1) is 0 Å². The topological polar surface area (TPSA) is 80.9 Å². The van der Waals surface area contributed by atoms with E-state index in [1.165, 1.54) is 0 Å². The third-order valence-electron chi connectivity index (χ3n) is 2.53. The Balaban J connectivity index is 0.000000331. The van der Waals surface area contributed by atoms with E-state index in [4.69, 9.17) is 20.4 Å². The van der Waals surface area contributed by atoms with Gasteiger partial charge in [0.05, 0.1) is 13.2 Å². The SMILES string of the molecule is OCCCCCCO.OCc1ccccc1CO. The van der Waals surface area contributed by atoms with Crippen LogP contribution in [-0.2, 0) is 13.2 Å². The van der Waals surface area contributed by atoms with Crippen LogP contribution in [0.1, 0.15) is 36.8 Å². The standard InChI is InChI=1S/C8H10O2.C6H14O2/c9-5-7-3-1-2-4-8(7)6-10;7-5-3-1-2-4-6-8/h1-4,9-10H,5-6H2;7-8H,1-6H2. The molecule has 0 aliphatic rings. The van der Waals surface area contributed by atoms with Gasteiger partial charge in [-0.3, -0.25) is 0 Å². The molecule has 0 heterocycles. The zero-order chi connectivity index (χ0) is 13.6. The molecule has 0 amide bonds. The van der Waals surface area contributed by atoms with Crippen LogP contribution >= 0.6 is 0 Å². The summed E-state index contributed by atoms with van der Waals surface area (Å²) >= 11 is 0. The van der Waals surface area contributed by atoms with Crippen LogP contribution in [0, 0.1) is 0 Å². The molecule has 0 atom stereocenters. The van der Waals surface area contributed by atoms with Crippen LogP contribution in [-0.4, -0.2) is 33.6 Å². The lowest BCUT2D eigenvalue weighted by Crippen LogP contribution is -1.91. The molecule has 0 aliphatic heterocycles. The molecule has 1 rings (SSSR count). The van der Waals surface area contributed by atoms with Crippen molar-refractivity contribution in [3.63, 3.8) is 0 Å². The normalized spacial score (nSPS) is 9.78. The number of rotatable bonds is 7. The minimum atomic E-state index is -0.00324. The van der Waals surface area contributed by atoms with Gasteiger partial charge in [-0.1, -0.05) is 37.1 Å². The van der Waals surface area contributed by atoms with E-state index in [-0.39, 0.29) is 26.4 Å². The van der Waals surface area contributed by atoms with Crippen LogP contribution < -0.4 is 0 Å². The van der Waals surface area contributed by atoms with Crippen LogP contribution in [0.25, 0.3) is 0 Å². The Morgan fingerprint density at radius 2 is 1.00 bits per heavy atom. The maximum Gasteiger partial charge on any atom is 0.0685 e. The fourth-order valence-electron chi connectivity index (χ4n) is 1.44. The summed E-state index contributed by atoms with van der Waals surface area (Å²) < 4.78 is 0. The highest BCUT2D eigenvalue weighted by Crippen LogP contribution is 2.07. The fourth-order valence-corrected chi connectivity index (χ4v) is 1.44. The van der Waals surface area contributed by atoms with E-state index in [1.807, 2.05) is 12.1 Å². The molecule has 4 N–H and O–H groups in total. The zero-order valence-corrected chi connectivity index (χ0v) is 10.8. The molecule has 0 aliphatic carbocycles. The lowest BCUT2D eigenvalue weighted by atomic mass is 10.1. The number of benzene rings is 1. The summed E-state index contributed by atoms with van der Waals surface area (Å²) in [5.74, 6) is 0. The van der Waals surface area contributed by atoms with Gasteiger partial charge in [0.15, 0.2) is 0 Å². The van der Waals surface area contributed by atoms with E-state index in [9.17, 15) is 0 Å². The molecule has 0 radical (unpaired) electrons. The minimum Gasteiger partial charge on any atom is -0.396 e. The molecule has 18 heavy (non-hydrogen) atoms. The second-order valence-corrected chi connectivity index (χ2v) is 3.95. The average Bonchev–Trinajstić information content (AvgIpc) is 2.44. The number of hydrogen-bond donors (Lipinski definition) is 4. The van der Waals surface area contributed by atoms with Gasteiger partial charge in [-0.2, -0.15) is 0 Å². The van der Waals surface area contributed by atoms with E-state index >= 15 is 0 Å². The molecule has 0 saturated heterocycles. The Labute approximate surface area is 109 Å². The first kappa shape index (κ1) is 17.1. The highest BCUT2D eigenvalue weighted by molar-refractivity contribution is 5.25. The van der Waals surface area contributed by atoms with Gasteiger partial charge in [0, 0.05) is 13.2 Å². The maximum absolute atomic E-state index is 8.74. The molecule has 0 unspecified atom stereocenters. The summed E-state index contributed by atoms with van der Waals surface area (Å²) in [5, 5.41) is 34.1. The van der Waals surface area contributed by atoms with Crippen LogP contribution in [0.4, 0.5) is 0 Å². The summed E-state index contributed by atoms with van der Waals surface area (Å²) in [6.45, 7) is 0.560. The van der Waals surface area contributed by atoms with Crippen molar-refractivity contribution in [3.05, 3.63) is 35.4 Å². The van der Waals surface area contributed by atoms with Gasteiger partial charge in [0.2, 0.25) is 0 Å². The zero-order valence-electron chi connectivity index (χ0n) is 10.8. The molecule has 0 fully saturated rings. The van der Waals surface area contributed by atoms with Crippen molar-refractivity contribution in [2.45, 2.75) is 38.9 Å². The third kappa shape index (κ3) is 8.20. The molecule has 0 aromatic heterocycles. The molecule has 104 valence electrons. The largest absolute Gasteiger partial charge is 0.396 e. The van der Waals surface area contributed by atoms with E-state index in [2.05, 4.69) is 0 Å². The first-order valence-corrected chi connectivity index (χ1v) is 6.30. The highest BCUT2D eigenvalue weighted by Gasteiger charge is 1.95. The predicted octanol–water partition coefficient (Wildman–Crippen LogP) is 1.20. The molecule has 4 heteroatoms. The Bertz CT molecular complexity index is 260. The van der Waals surface area contributed by atoms with Gasteiger partial charge in [-0.05, 0) is 24.0 Å². The number of unbranched alkanes of at least 4 members (excludes halogenated alkanes) is 3. The van der Waals surface area contributed by atoms with Gasteiger partial charge in [-0.25, -0.2) is 0 Å². The first-order chi connectivity index (χ1) is 8.79. The molecular weight excluding hydrogens is 232 g/mol. The van der Waals surface area contributed by atoms with Gasteiger partial charge in [0.25, 0.3) is 0 Å². The summed E-state index contributed by atoms with van der Waals surface area (Å²) in [4.78, 5) is 0. The van der Waals surface area contributed by atoms with Gasteiger partial charge in [0.1, 0.15) is 0 Å². The number of aliphatic hydroxyl groups excluding tert-OH is 4. The van der Waals surface area contributed by atoms with E-state index in [0.717, 1.165) is 36.8 Å². The third-order valence-corrected chi connectivity index (χ3v) is 2.53. The molecule has 1 aromatic carbocycles. The monoisotopic (exact) mass is 256 g/mol. The Morgan fingerprint density at radius 1 is 0.611 bits per heavy atom. The summed E-state index contributed by atoms with van der Waals surface area (Å²) in [5.41, 5.74) is 1.59. The van der Waals surface area contributed by atoms with E-state index in [1.54, 1.807) is 12.1 Å². The number of aliphatic hydroxyl groups is 4. The summed E-state index contributed by atoms with van der Waals surface area (Å²) in [6.07, 6.45) is 3.83. The van der Waals surface area contributed by atoms with Crippen molar-refractivity contribution in [2.24, 2.45) is 0 Å². The molecule has 0 saturated carbocycles. The molecule has 0 spiro atoms. The molecule has 0 bridgehead atoms. The van der Waals surface area contributed by atoms with Crippen LogP contribution in [0.3, 0.4) is 0 Å². The quantitative estimate of drug-likeness (QED) is 0.553. The Hall–Kier alpha value is -0.940. The van der Waals surface area contributed by atoms with Crippen molar-refractivity contribution >= 4 is 0 Å². The summed E-state index contributed by atoms with van der Waals surface area (Å²) in [7, 11) is 0. The van der Waals surface area contributed by atoms with Crippen LogP contribution in [0.15, 0.2) is 24.3 Å². The second kappa shape index (κ2) is 12.5. The molecule has 4 nitrogen and oxygen atoms in total. The van der Waals surface area contributed by atoms with Crippen molar-refractivity contribution in [1.29, 1.82) is 0 Å². The van der Waals surface area contributed by atoms with Crippen molar-refractivity contribution in [2.75, 3.05) is 13.2 Å². The fraction of sp³-hybridized carbons (Fsp3) is 0.571. The van der Waals surface area contributed by atoms with Crippen molar-refractivity contribution in [1.82, 2.24) is 0 Å². The molecule has 1 aromatic rings. The molecular formula is C14H24O4. The van der Waals surface area contributed by atoms with E-state index in [0.29, 0.717) is 0 Å². The predicted molar refractivity (Wildman–Crippen MR) is 70.9 cm³/mol. The van der Waals surface area contributed by atoms with Crippen molar-refractivity contribution < 1.29 is 20.4 Å². The average molecular weight is 256 g/mol. The second-order valence-electron chi connectivity index (χ2n) is 3.95. The first-order valence-electron chi connectivity index (χ1n) is 6.30. The lowest BCUT2D eigenvalue weighted by Gasteiger charge is -2.01. The maximum atomic E-state index is 8.74. The highest BCUT2D eigenvalue weighted by atomic mass is 16.3. The van der Waals surface area contributed by atoms with Crippen LogP contribution in [0.2, 0.25) is 0 Å². The minimum absolute atomic E-state index is 0.00324. The van der Waals surface area contributed by atoms with Crippen molar-refractivity contribution in [3.8, 4) is 0 Å². The Morgan fingerprint density at radius 3 is 1.28 bits per heavy atom. The van der Waals surface area contributed by atoms with E-state index < -0.39 is 0 Å². The lowest BCUT2D eigenvalue weighted by molar-refractivity contribution is 0.260. The van der Waals surface area contributed by atoms with Crippen LogP contribution in [0.5, 0.6) is 0 Å².